The molecule has 1 aromatic heterocycles. The standard InChI is InChI=1S/C8H7NO3/c10-3-1-2-6-4-7(11)8(12)9-5-6/h1-5,11H,(H,9,12). The van der Waals surface area contributed by atoms with E-state index in [0.29, 0.717) is 11.8 Å². The van der Waals surface area contributed by atoms with Crippen LogP contribution in [-0.2, 0) is 4.79 Å². The van der Waals surface area contributed by atoms with Crippen molar-refractivity contribution in [2.24, 2.45) is 0 Å². The maximum atomic E-state index is 10.6. The minimum Gasteiger partial charge on any atom is -0.503 e. The van der Waals surface area contributed by atoms with Gasteiger partial charge in [0, 0.05) is 6.20 Å². The van der Waals surface area contributed by atoms with Gasteiger partial charge in [-0.25, -0.2) is 0 Å². The van der Waals surface area contributed by atoms with E-state index in [1.54, 1.807) is 0 Å². The van der Waals surface area contributed by atoms with Crippen molar-refractivity contribution in [2.75, 3.05) is 0 Å². The molecule has 0 spiro atoms. The van der Waals surface area contributed by atoms with Crippen LogP contribution in [0.1, 0.15) is 5.56 Å². The Morgan fingerprint density at radius 3 is 2.83 bits per heavy atom. The number of aromatic nitrogens is 1. The van der Waals surface area contributed by atoms with Gasteiger partial charge in [-0.2, -0.15) is 0 Å². The summed E-state index contributed by atoms with van der Waals surface area (Å²) in [6, 6.07) is 1.28. The van der Waals surface area contributed by atoms with Gasteiger partial charge in [0.2, 0.25) is 0 Å². The Kier molecular flexibility index (Phi) is 2.42. The van der Waals surface area contributed by atoms with Crippen molar-refractivity contribution in [2.45, 2.75) is 0 Å². The Balaban J connectivity index is 3.05. The number of aromatic hydroxyl groups is 1. The van der Waals surface area contributed by atoms with E-state index in [9.17, 15) is 9.59 Å². The molecule has 0 radical (unpaired) electrons. The Hall–Kier alpha value is -1.84. The van der Waals surface area contributed by atoms with Gasteiger partial charge in [-0.05, 0) is 17.7 Å². The predicted molar refractivity (Wildman–Crippen MR) is 43.8 cm³/mol. The average molecular weight is 165 g/mol. The number of hydrogen-bond acceptors (Lipinski definition) is 3. The fourth-order valence-corrected chi connectivity index (χ4v) is 0.735. The normalized spacial score (nSPS) is 10.3. The van der Waals surface area contributed by atoms with Crippen LogP contribution in [0.2, 0.25) is 0 Å². The highest BCUT2D eigenvalue weighted by atomic mass is 16.3. The fraction of sp³-hybridized carbons (Fsp3) is 0. The van der Waals surface area contributed by atoms with E-state index in [-0.39, 0.29) is 5.75 Å². The van der Waals surface area contributed by atoms with Crippen molar-refractivity contribution >= 4 is 12.4 Å². The largest absolute Gasteiger partial charge is 0.503 e. The minimum absolute atomic E-state index is 0.358. The number of carbonyl (C=O) groups is 1. The zero-order chi connectivity index (χ0) is 8.97. The van der Waals surface area contributed by atoms with E-state index >= 15 is 0 Å². The van der Waals surface area contributed by atoms with Crippen molar-refractivity contribution in [3.05, 3.63) is 34.3 Å². The third-order valence-corrected chi connectivity index (χ3v) is 1.27. The number of allylic oxidation sites excluding steroid dienone is 1. The van der Waals surface area contributed by atoms with E-state index in [1.165, 1.54) is 24.4 Å². The maximum absolute atomic E-state index is 10.6. The van der Waals surface area contributed by atoms with E-state index in [1.807, 2.05) is 0 Å². The summed E-state index contributed by atoms with van der Waals surface area (Å²) in [7, 11) is 0. The van der Waals surface area contributed by atoms with E-state index < -0.39 is 5.56 Å². The molecule has 62 valence electrons. The molecule has 0 saturated heterocycles. The summed E-state index contributed by atoms with van der Waals surface area (Å²) in [5.74, 6) is -0.358. The lowest BCUT2D eigenvalue weighted by Crippen LogP contribution is -2.03. The van der Waals surface area contributed by atoms with E-state index in [4.69, 9.17) is 5.11 Å². The Bertz CT molecular complexity index is 365. The lowest BCUT2D eigenvalue weighted by atomic mass is 10.2. The summed E-state index contributed by atoms with van der Waals surface area (Å²) in [6.07, 6.45) is 4.76. The molecule has 0 atom stereocenters. The predicted octanol–water partition coefficient (Wildman–Crippen LogP) is 0.293. The van der Waals surface area contributed by atoms with Crippen LogP contribution in [0.25, 0.3) is 6.08 Å². The first kappa shape index (κ1) is 8.26. The molecule has 0 aliphatic heterocycles. The average Bonchev–Trinajstić information content (AvgIpc) is 2.07. The number of nitrogens with one attached hydrogen (secondary N) is 1. The van der Waals surface area contributed by atoms with Crippen LogP contribution in [-0.4, -0.2) is 16.4 Å². The molecule has 1 heterocycles. The molecule has 0 amide bonds. The molecule has 4 heteroatoms. The lowest BCUT2D eigenvalue weighted by Gasteiger charge is -1.92. The van der Waals surface area contributed by atoms with Crippen molar-refractivity contribution in [3.63, 3.8) is 0 Å². The molecular formula is C8H7NO3. The Labute approximate surface area is 68.2 Å². The Morgan fingerprint density at radius 2 is 2.25 bits per heavy atom. The van der Waals surface area contributed by atoms with Crippen LogP contribution in [0.5, 0.6) is 5.75 Å². The summed E-state index contributed by atoms with van der Waals surface area (Å²) >= 11 is 0. The molecule has 0 bridgehead atoms. The molecule has 2 N–H and O–H groups in total. The molecule has 0 saturated carbocycles. The van der Waals surface area contributed by atoms with Gasteiger partial charge < -0.3 is 10.1 Å². The van der Waals surface area contributed by atoms with Crippen molar-refractivity contribution in [1.82, 2.24) is 4.98 Å². The minimum atomic E-state index is -0.543. The SMILES string of the molecule is O=CC=Cc1c[nH]c(=O)c(O)c1. The van der Waals surface area contributed by atoms with Gasteiger partial charge in [0.1, 0.15) is 6.29 Å². The topological polar surface area (TPSA) is 70.2 Å². The summed E-state index contributed by atoms with van der Waals surface area (Å²) in [5, 5.41) is 8.93. The van der Waals surface area contributed by atoms with Crippen LogP contribution in [0, 0.1) is 0 Å². The molecule has 4 nitrogen and oxygen atoms in total. The fourth-order valence-electron chi connectivity index (χ4n) is 0.735. The number of hydrogen-bond donors (Lipinski definition) is 2. The molecule has 1 rings (SSSR count). The molecular weight excluding hydrogens is 158 g/mol. The van der Waals surface area contributed by atoms with Crippen LogP contribution < -0.4 is 5.56 Å². The van der Waals surface area contributed by atoms with Gasteiger partial charge >= 0.3 is 0 Å². The van der Waals surface area contributed by atoms with Gasteiger partial charge in [-0.15, -0.1) is 0 Å². The zero-order valence-corrected chi connectivity index (χ0v) is 6.15. The first-order chi connectivity index (χ1) is 5.74. The highest BCUT2D eigenvalue weighted by Crippen LogP contribution is 2.04. The number of aromatic amines is 1. The van der Waals surface area contributed by atoms with Crippen LogP contribution in [0.15, 0.2) is 23.1 Å². The van der Waals surface area contributed by atoms with Gasteiger partial charge in [-0.1, -0.05) is 6.08 Å². The van der Waals surface area contributed by atoms with Crippen LogP contribution in [0.3, 0.4) is 0 Å². The zero-order valence-electron chi connectivity index (χ0n) is 6.15. The Morgan fingerprint density at radius 1 is 1.50 bits per heavy atom. The first-order valence-electron chi connectivity index (χ1n) is 3.27. The molecule has 1 aromatic rings. The molecule has 0 fully saturated rings. The van der Waals surface area contributed by atoms with Crippen molar-refractivity contribution in [3.8, 4) is 5.75 Å². The summed E-state index contributed by atoms with van der Waals surface area (Å²) in [5.41, 5.74) is 0.0254. The molecule has 0 aliphatic carbocycles. The summed E-state index contributed by atoms with van der Waals surface area (Å²) in [6.45, 7) is 0. The first-order valence-corrected chi connectivity index (χ1v) is 3.27. The van der Waals surface area contributed by atoms with Crippen molar-refractivity contribution < 1.29 is 9.90 Å². The molecule has 0 aromatic carbocycles. The third-order valence-electron chi connectivity index (χ3n) is 1.27. The second-order valence-electron chi connectivity index (χ2n) is 2.14. The number of aldehydes is 1. The summed E-state index contributed by atoms with van der Waals surface area (Å²) in [4.78, 5) is 22.9. The third kappa shape index (κ3) is 1.82. The highest BCUT2D eigenvalue weighted by Gasteiger charge is 1.94. The quantitative estimate of drug-likeness (QED) is 0.489. The lowest BCUT2D eigenvalue weighted by molar-refractivity contribution is -0.104. The number of rotatable bonds is 2. The van der Waals surface area contributed by atoms with E-state index in [0.717, 1.165) is 0 Å². The number of H-pyrrole nitrogens is 1. The van der Waals surface area contributed by atoms with Crippen LogP contribution in [0.4, 0.5) is 0 Å². The maximum Gasteiger partial charge on any atom is 0.290 e. The monoisotopic (exact) mass is 165 g/mol. The number of carbonyl (C=O) groups excluding carboxylic acids is 1. The van der Waals surface area contributed by atoms with Gasteiger partial charge in [0.25, 0.3) is 5.56 Å². The smallest absolute Gasteiger partial charge is 0.290 e. The summed E-state index contributed by atoms with van der Waals surface area (Å²) < 4.78 is 0. The van der Waals surface area contributed by atoms with Gasteiger partial charge in [-0.3, -0.25) is 9.59 Å². The number of pyridine rings is 1. The van der Waals surface area contributed by atoms with Gasteiger partial charge in [0.15, 0.2) is 5.75 Å². The molecule has 0 unspecified atom stereocenters. The van der Waals surface area contributed by atoms with Gasteiger partial charge in [0.05, 0.1) is 0 Å². The van der Waals surface area contributed by atoms with E-state index in [2.05, 4.69) is 4.98 Å². The van der Waals surface area contributed by atoms with Crippen LogP contribution >= 0.6 is 0 Å². The molecule has 12 heavy (non-hydrogen) atoms. The molecule has 0 aliphatic rings. The van der Waals surface area contributed by atoms with Crippen molar-refractivity contribution in [1.29, 1.82) is 0 Å². The second-order valence-corrected chi connectivity index (χ2v) is 2.14. The second kappa shape index (κ2) is 3.52. The highest BCUT2D eigenvalue weighted by molar-refractivity contribution is 5.73.